The van der Waals surface area contributed by atoms with Crippen molar-refractivity contribution in [3.63, 3.8) is 0 Å². The number of hydrogen-bond acceptors (Lipinski definition) is 18. The molecule has 0 aromatic carbocycles. The minimum absolute atomic E-state index is 0.0258. The number of hydrogen-bond donors (Lipinski definition) is 3. The van der Waals surface area contributed by atoms with E-state index in [0.29, 0.717) is 12.7 Å². The van der Waals surface area contributed by atoms with Gasteiger partial charge in [-0.15, -0.1) is 0 Å². The quantitative estimate of drug-likeness (QED) is 0.114. The zero-order valence-corrected chi connectivity index (χ0v) is 39.7. The lowest BCUT2D eigenvalue weighted by molar-refractivity contribution is -0.345. The topological polar surface area (TPSA) is 249 Å². The summed E-state index contributed by atoms with van der Waals surface area (Å²) in [5, 5.41) is 32.2. The molecule has 3 aliphatic rings. The largest absolute Gasteiger partial charge is 0.481 e. The van der Waals surface area contributed by atoms with Crippen LogP contribution in [0.2, 0.25) is 0 Å². The van der Waals surface area contributed by atoms with E-state index in [2.05, 4.69) is 0 Å². The van der Waals surface area contributed by atoms with Crippen LogP contribution in [0, 0.1) is 17.8 Å². The van der Waals surface area contributed by atoms with E-state index < -0.39 is 146 Å². The number of carboxylic acids is 1. The monoisotopic (exact) mass is 927 g/mol. The number of methoxy groups -OCH3 is 1. The van der Waals surface area contributed by atoms with Gasteiger partial charge in [0.25, 0.3) is 0 Å². The van der Waals surface area contributed by atoms with Crippen LogP contribution in [0.1, 0.15) is 107 Å². The third kappa shape index (κ3) is 17.1. The van der Waals surface area contributed by atoms with Crippen LogP contribution in [0.15, 0.2) is 24.3 Å². The second-order valence-corrected chi connectivity index (χ2v) is 18.3. The van der Waals surface area contributed by atoms with Crippen molar-refractivity contribution in [1.82, 2.24) is 4.90 Å². The molecule has 0 aromatic heterocycles. The molecule has 370 valence electrons. The summed E-state index contributed by atoms with van der Waals surface area (Å²) >= 11 is 0. The highest BCUT2D eigenvalue weighted by atomic mass is 16.7. The lowest BCUT2D eigenvalue weighted by Gasteiger charge is -2.51. The van der Waals surface area contributed by atoms with Gasteiger partial charge in [-0.1, -0.05) is 45.1 Å². The average Bonchev–Trinajstić information content (AvgIpc) is 3.18. The summed E-state index contributed by atoms with van der Waals surface area (Å²) in [5.41, 5.74) is -1.59. The predicted octanol–water partition coefficient (Wildman–Crippen LogP) is 3.43. The van der Waals surface area contributed by atoms with Gasteiger partial charge in [-0.2, -0.15) is 0 Å². The number of ether oxygens (including phenoxy) is 9. The second kappa shape index (κ2) is 25.9. The molecule has 2 fully saturated rings. The molecular weight excluding hydrogens is 854 g/mol. The Morgan fingerprint density at radius 3 is 2.22 bits per heavy atom. The van der Waals surface area contributed by atoms with Crippen molar-refractivity contribution in [1.29, 1.82) is 0 Å². The molecule has 65 heavy (non-hydrogen) atoms. The number of aliphatic hydroxyl groups excluding tert-OH is 1. The maximum atomic E-state index is 13.5. The first kappa shape index (κ1) is 55.5. The molecule has 19 heteroatoms. The molecule has 0 spiro atoms. The number of aliphatic carboxylic acids is 1. The Labute approximate surface area is 382 Å². The fourth-order valence-electron chi connectivity index (χ4n) is 8.60. The van der Waals surface area contributed by atoms with E-state index in [1.165, 1.54) is 14.0 Å². The van der Waals surface area contributed by atoms with Crippen LogP contribution in [0.25, 0.3) is 0 Å². The third-order valence-corrected chi connectivity index (χ3v) is 11.7. The smallest absolute Gasteiger partial charge is 0.309 e. The standard InChI is InChI=1S/C46H73NO18/c1-25(2)21-36(54)63-44-29(6)59-38(24-46(44,8)56)64-40-28(5)60-45(43(39(40)47(9)10)62-35(53)18-17-34(51)52)65-41-31(19-20-48)22-26(3)32(50)16-14-12-13-15-27(4)58-37(55)23-33(42(41)57-11)61-30(7)49/h12-14,16,20,25-29,31-33,38-45,50,56H,15,17-19,21-24H2,1-11H3,(H,51,52)/b13-12+,16-14+/t26-,27-,28-,29+,31+,32+,33-,38+,39+,40-,41+,42+,43-,44+,45+,46-/m1/s1. The van der Waals surface area contributed by atoms with Gasteiger partial charge in [0.1, 0.15) is 36.3 Å². The summed E-state index contributed by atoms with van der Waals surface area (Å²) in [7, 11) is 4.69. The number of carbonyl (C=O) groups excluding carboxylic acids is 5. The van der Waals surface area contributed by atoms with E-state index in [9.17, 15) is 44.1 Å². The van der Waals surface area contributed by atoms with Crippen LogP contribution in [0.3, 0.4) is 0 Å². The highest BCUT2D eigenvalue weighted by Crippen LogP contribution is 2.39. The van der Waals surface area contributed by atoms with Crippen LogP contribution in [0.4, 0.5) is 0 Å². The van der Waals surface area contributed by atoms with Crippen LogP contribution in [-0.4, -0.2) is 163 Å². The molecule has 19 nitrogen and oxygen atoms in total. The number of carboxylic acid groups (broad SMARTS) is 1. The maximum Gasteiger partial charge on any atom is 0.309 e. The average molecular weight is 928 g/mol. The minimum atomic E-state index is -1.59. The number of allylic oxidation sites excluding steroid dienone is 2. The van der Waals surface area contributed by atoms with Gasteiger partial charge in [-0.25, -0.2) is 0 Å². The molecule has 3 heterocycles. The molecule has 0 aromatic rings. The fraction of sp³-hybridized carbons (Fsp3) is 0.783. The first-order chi connectivity index (χ1) is 30.5. The molecule has 0 amide bonds. The summed E-state index contributed by atoms with van der Waals surface area (Å²) in [6, 6.07) is -0.931. The van der Waals surface area contributed by atoms with Gasteiger partial charge in [0.05, 0.1) is 49.7 Å². The van der Waals surface area contributed by atoms with Gasteiger partial charge >= 0.3 is 29.8 Å². The highest BCUT2D eigenvalue weighted by Gasteiger charge is 2.54. The SMILES string of the molecule is CO[C@@H]1[C@@H](O[C@@H]2O[C@H](C)[C@@H](O[C@H]3C[C@@](C)(O)[C@@H](OC(=O)CC(C)C)[C@H](C)O3)[C@H](N(C)C)[C@H]2OC(=O)CCC(=O)O)[C@@H](CC=O)C[C@@H](C)[C@@H](O)/C=C/C=C/C[C@@H](C)OC(=O)C[C@H]1OC(C)=O. The summed E-state index contributed by atoms with van der Waals surface area (Å²) in [6.45, 7) is 13.2. The van der Waals surface area contributed by atoms with E-state index in [-0.39, 0.29) is 31.6 Å². The Kier molecular flexibility index (Phi) is 22.1. The molecule has 3 aliphatic heterocycles. The van der Waals surface area contributed by atoms with Gasteiger partial charge in [0.15, 0.2) is 24.8 Å². The second-order valence-electron chi connectivity index (χ2n) is 18.3. The van der Waals surface area contributed by atoms with Crippen molar-refractivity contribution in [2.75, 3.05) is 21.2 Å². The van der Waals surface area contributed by atoms with Crippen molar-refractivity contribution in [3.8, 4) is 0 Å². The number of likely N-dealkylation sites (N-methyl/N-ethyl adjacent to an activating group) is 1. The lowest BCUT2D eigenvalue weighted by Crippen LogP contribution is -2.66. The molecule has 0 saturated carbocycles. The van der Waals surface area contributed by atoms with Crippen molar-refractivity contribution >= 4 is 36.1 Å². The minimum Gasteiger partial charge on any atom is -0.481 e. The normalized spacial score (nSPS) is 37.4. The van der Waals surface area contributed by atoms with Crippen molar-refractivity contribution in [3.05, 3.63) is 24.3 Å². The zero-order chi connectivity index (χ0) is 48.8. The van der Waals surface area contributed by atoms with Gasteiger partial charge in [-0.05, 0) is 66.0 Å². The third-order valence-electron chi connectivity index (χ3n) is 11.7. The Morgan fingerprint density at radius 2 is 1.63 bits per heavy atom. The first-order valence-electron chi connectivity index (χ1n) is 22.4. The molecule has 0 bridgehead atoms. The first-order valence-corrected chi connectivity index (χ1v) is 22.4. The summed E-state index contributed by atoms with van der Waals surface area (Å²) in [6.07, 6.45) is -7.03. The van der Waals surface area contributed by atoms with Gasteiger partial charge in [-0.3, -0.25) is 24.0 Å². The molecule has 3 N–H and O–H groups in total. The van der Waals surface area contributed by atoms with E-state index in [4.69, 9.17) is 42.6 Å². The van der Waals surface area contributed by atoms with Crippen molar-refractivity contribution in [2.45, 2.75) is 192 Å². The van der Waals surface area contributed by atoms with Crippen molar-refractivity contribution in [2.24, 2.45) is 17.8 Å². The zero-order valence-electron chi connectivity index (χ0n) is 39.7. The molecule has 3 rings (SSSR count). The molecule has 2 saturated heterocycles. The Hall–Kier alpha value is -3.82. The van der Waals surface area contributed by atoms with E-state index in [0.717, 1.165) is 6.92 Å². The number of nitrogens with zero attached hydrogens (tertiary/aromatic N) is 1. The Bertz CT molecular complexity index is 1630. The number of esters is 4. The maximum absolute atomic E-state index is 13.5. The van der Waals surface area contributed by atoms with E-state index >= 15 is 0 Å². The lowest BCUT2D eigenvalue weighted by atomic mass is 9.82. The molecular formula is C46H73NO18. The van der Waals surface area contributed by atoms with Crippen molar-refractivity contribution < 1.29 is 86.7 Å². The van der Waals surface area contributed by atoms with Crippen LogP contribution in [0.5, 0.6) is 0 Å². The number of aliphatic hydroxyl groups is 2. The van der Waals surface area contributed by atoms with Gasteiger partial charge in [0.2, 0.25) is 0 Å². The van der Waals surface area contributed by atoms with Crippen LogP contribution in [-0.2, 0) is 71.4 Å². The highest BCUT2D eigenvalue weighted by molar-refractivity contribution is 5.76. The Balaban J connectivity index is 2.15. The van der Waals surface area contributed by atoms with E-state index in [1.54, 1.807) is 71.0 Å². The predicted molar refractivity (Wildman–Crippen MR) is 231 cm³/mol. The number of rotatable bonds is 16. The summed E-state index contributed by atoms with van der Waals surface area (Å²) < 4.78 is 55.3. The number of aldehydes is 1. The molecule has 16 atom stereocenters. The molecule has 0 unspecified atom stereocenters. The number of carbonyl (C=O) groups is 6. The molecule has 0 radical (unpaired) electrons. The fourth-order valence-corrected chi connectivity index (χ4v) is 8.60. The van der Waals surface area contributed by atoms with Gasteiger partial charge < -0.3 is 67.6 Å². The van der Waals surface area contributed by atoms with Crippen LogP contribution >= 0.6 is 0 Å². The Morgan fingerprint density at radius 1 is 0.938 bits per heavy atom. The number of cyclic esters (lactones) is 1. The summed E-state index contributed by atoms with van der Waals surface area (Å²) in [4.78, 5) is 77.9. The van der Waals surface area contributed by atoms with E-state index in [1.807, 2.05) is 13.8 Å². The van der Waals surface area contributed by atoms with Crippen LogP contribution < -0.4 is 0 Å². The summed E-state index contributed by atoms with van der Waals surface area (Å²) in [5.74, 6) is -5.39. The van der Waals surface area contributed by atoms with Gasteiger partial charge in [0, 0.05) is 39.7 Å². The molecule has 0 aliphatic carbocycles.